The van der Waals surface area contributed by atoms with Crippen LogP contribution < -0.4 is 5.32 Å². The fourth-order valence-electron chi connectivity index (χ4n) is 2.06. The molecule has 10 heteroatoms. The van der Waals surface area contributed by atoms with Crippen LogP contribution in [-0.2, 0) is 14.8 Å². The van der Waals surface area contributed by atoms with Crippen LogP contribution in [0, 0.1) is 0 Å². The predicted molar refractivity (Wildman–Crippen MR) is 93.0 cm³/mol. The first-order valence-corrected chi connectivity index (χ1v) is 8.47. The maximum Gasteiger partial charge on any atom is 0.278 e. The zero-order chi connectivity index (χ0) is 15.9. The van der Waals surface area contributed by atoms with Gasteiger partial charge >= 0.3 is 0 Å². The van der Waals surface area contributed by atoms with Crippen molar-refractivity contribution in [2.75, 3.05) is 12.4 Å². The van der Waals surface area contributed by atoms with Gasteiger partial charge in [-0.2, -0.15) is 0 Å². The van der Waals surface area contributed by atoms with E-state index in [0.717, 1.165) is 15.6 Å². The number of amides is 1. The van der Waals surface area contributed by atoms with E-state index in [2.05, 4.69) is 10.3 Å². The first kappa shape index (κ1) is 17.2. The first-order valence-electron chi connectivity index (χ1n) is 6.15. The molecule has 0 radical (unpaired) electrons. The van der Waals surface area contributed by atoms with Crippen LogP contribution in [0.15, 0.2) is 46.4 Å². The molecule has 0 spiro atoms. The fraction of sp³-hybridized carbons (Fsp3) is 0.0769. The zero-order valence-corrected chi connectivity index (χ0v) is 13.0. The van der Waals surface area contributed by atoms with Crippen molar-refractivity contribution < 1.29 is 18.3 Å². The molecule has 2 aromatic rings. The van der Waals surface area contributed by atoms with Gasteiger partial charge in [-0.15, -0.1) is 11.3 Å². The van der Waals surface area contributed by atoms with E-state index in [-0.39, 0.29) is 38.0 Å². The second kappa shape index (κ2) is 6.14. The summed E-state index contributed by atoms with van der Waals surface area (Å²) >= 11 is 1.06. The van der Waals surface area contributed by atoms with Crippen LogP contribution in [-0.4, -0.2) is 46.7 Å². The Hall–Kier alpha value is -2.17. The van der Waals surface area contributed by atoms with Crippen LogP contribution in [0.4, 0.5) is 5.82 Å². The SMILES string of the molecule is CN1C(C(=O)Nc2ccccn2)=C(O)c2sccc2S1(=O)=O.[SiH4]. The number of fused-ring (bicyclic) bond motifs is 1. The van der Waals surface area contributed by atoms with Crippen molar-refractivity contribution in [3.8, 4) is 0 Å². The summed E-state index contributed by atoms with van der Waals surface area (Å²) in [7, 11) is -2.63. The van der Waals surface area contributed by atoms with Crippen LogP contribution in [0.25, 0.3) is 5.76 Å². The van der Waals surface area contributed by atoms with Crippen molar-refractivity contribution in [3.63, 3.8) is 0 Å². The maximum absolute atomic E-state index is 12.4. The molecule has 0 bridgehead atoms. The summed E-state index contributed by atoms with van der Waals surface area (Å²) in [5, 5.41) is 14.3. The number of aliphatic hydroxyl groups is 1. The molecule has 2 N–H and O–H groups in total. The number of pyridine rings is 1. The van der Waals surface area contributed by atoms with Crippen molar-refractivity contribution in [1.82, 2.24) is 9.29 Å². The van der Waals surface area contributed by atoms with Gasteiger partial charge in [0.25, 0.3) is 15.9 Å². The Kier molecular flexibility index (Phi) is 4.59. The van der Waals surface area contributed by atoms with Crippen molar-refractivity contribution >= 4 is 49.8 Å². The molecule has 0 aromatic carbocycles. The van der Waals surface area contributed by atoms with Gasteiger partial charge in [0.2, 0.25) is 0 Å². The number of sulfonamides is 1. The number of rotatable bonds is 2. The third kappa shape index (κ3) is 2.75. The number of nitrogens with zero attached hydrogens (tertiary/aromatic N) is 2. The molecular weight excluding hydrogens is 354 g/mol. The van der Waals surface area contributed by atoms with Crippen molar-refractivity contribution in [1.29, 1.82) is 0 Å². The van der Waals surface area contributed by atoms with Crippen molar-refractivity contribution in [2.45, 2.75) is 4.90 Å². The standard InChI is InChI=1S/C13H11N3O4S2.H4Si/c1-16-10(13(18)15-9-4-2-3-6-14-9)11(17)12-8(5-7-21-12)22(16,19)20;/h2-7,17H,1H3,(H,14,15,18);1H4. The summed E-state index contributed by atoms with van der Waals surface area (Å²) < 4.78 is 25.5. The first-order chi connectivity index (χ1) is 10.4. The summed E-state index contributed by atoms with van der Waals surface area (Å²) in [5.41, 5.74) is -0.333. The number of carbonyl (C=O) groups excluding carboxylic acids is 1. The van der Waals surface area contributed by atoms with Crippen molar-refractivity contribution in [3.05, 3.63) is 46.4 Å². The van der Waals surface area contributed by atoms with E-state index in [1.807, 2.05) is 0 Å². The number of carbonyl (C=O) groups is 1. The second-order valence-electron chi connectivity index (χ2n) is 4.45. The van der Waals surface area contributed by atoms with Gasteiger partial charge in [0.15, 0.2) is 11.5 Å². The topological polar surface area (TPSA) is 99.6 Å². The molecule has 0 saturated carbocycles. The number of thiophene rings is 1. The fourth-order valence-corrected chi connectivity index (χ4v) is 4.62. The van der Waals surface area contributed by atoms with Gasteiger partial charge in [-0.1, -0.05) is 6.07 Å². The highest BCUT2D eigenvalue weighted by atomic mass is 32.2. The predicted octanol–water partition coefficient (Wildman–Crippen LogP) is 0.191. The summed E-state index contributed by atoms with van der Waals surface area (Å²) in [4.78, 5) is 16.4. The minimum Gasteiger partial charge on any atom is -0.504 e. The lowest BCUT2D eigenvalue weighted by Gasteiger charge is -2.26. The van der Waals surface area contributed by atoms with Gasteiger partial charge in [0, 0.05) is 13.2 Å². The molecule has 1 aliphatic rings. The average Bonchev–Trinajstić information content (AvgIpc) is 2.97. The maximum atomic E-state index is 12.4. The summed E-state index contributed by atoms with van der Waals surface area (Å²) in [5.74, 6) is -0.854. The Balaban J connectivity index is 0.00000192. The largest absolute Gasteiger partial charge is 0.504 e. The molecule has 7 nitrogen and oxygen atoms in total. The number of likely N-dealkylation sites (N-methyl/N-ethyl adjacent to an activating group) is 1. The normalized spacial score (nSPS) is 15.6. The molecule has 23 heavy (non-hydrogen) atoms. The Morgan fingerprint density at radius 1 is 1.35 bits per heavy atom. The van der Waals surface area contributed by atoms with Crippen molar-refractivity contribution in [2.24, 2.45) is 0 Å². The van der Waals surface area contributed by atoms with E-state index in [0.29, 0.717) is 0 Å². The van der Waals surface area contributed by atoms with Gasteiger partial charge in [0.05, 0.1) is 4.88 Å². The third-order valence-electron chi connectivity index (χ3n) is 3.14. The van der Waals surface area contributed by atoms with Gasteiger partial charge < -0.3 is 10.4 Å². The van der Waals surface area contributed by atoms with E-state index in [1.54, 1.807) is 23.6 Å². The molecule has 0 fully saturated rings. The lowest BCUT2D eigenvalue weighted by Crippen LogP contribution is -2.36. The highest BCUT2D eigenvalue weighted by Gasteiger charge is 2.38. The molecule has 122 valence electrons. The lowest BCUT2D eigenvalue weighted by atomic mass is 10.3. The summed E-state index contributed by atoms with van der Waals surface area (Å²) in [6.45, 7) is 0. The van der Waals surface area contributed by atoms with Gasteiger partial charge in [-0.3, -0.25) is 9.10 Å². The third-order valence-corrected chi connectivity index (χ3v) is 5.99. The molecule has 0 saturated heterocycles. The van der Waals surface area contributed by atoms with Crippen LogP contribution in [0.5, 0.6) is 0 Å². The minimum absolute atomic E-state index is 0. The van der Waals surface area contributed by atoms with Gasteiger partial charge in [0.1, 0.15) is 10.7 Å². The van der Waals surface area contributed by atoms with E-state index < -0.39 is 15.9 Å². The Morgan fingerprint density at radius 3 is 2.74 bits per heavy atom. The molecule has 1 amide bonds. The highest BCUT2D eigenvalue weighted by Crippen LogP contribution is 2.38. The average molecular weight is 370 g/mol. The van der Waals surface area contributed by atoms with Crippen LogP contribution in [0.1, 0.15) is 4.88 Å². The molecule has 0 aliphatic carbocycles. The van der Waals surface area contributed by atoms with Gasteiger partial charge in [-0.25, -0.2) is 13.4 Å². The molecule has 0 unspecified atom stereocenters. The lowest BCUT2D eigenvalue weighted by molar-refractivity contribution is -0.113. The smallest absolute Gasteiger partial charge is 0.278 e. The van der Waals surface area contributed by atoms with Crippen LogP contribution in [0.2, 0.25) is 0 Å². The monoisotopic (exact) mass is 369 g/mol. The van der Waals surface area contributed by atoms with Crippen LogP contribution in [0.3, 0.4) is 0 Å². The number of hydrogen-bond donors (Lipinski definition) is 2. The number of aromatic nitrogens is 1. The Labute approximate surface area is 141 Å². The summed E-state index contributed by atoms with van der Waals surface area (Å²) in [6, 6.07) is 6.32. The molecular formula is C13H15N3O4S2Si. The Morgan fingerprint density at radius 2 is 2.09 bits per heavy atom. The number of hydrogen-bond acceptors (Lipinski definition) is 6. The minimum atomic E-state index is -3.85. The molecule has 2 aromatic heterocycles. The van der Waals surface area contributed by atoms with E-state index in [4.69, 9.17) is 0 Å². The van der Waals surface area contributed by atoms with Crippen LogP contribution >= 0.6 is 11.3 Å². The number of anilines is 1. The second-order valence-corrected chi connectivity index (χ2v) is 7.31. The number of aliphatic hydroxyl groups excluding tert-OH is 1. The number of nitrogens with one attached hydrogen (secondary N) is 1. The summed E-state index contributed by atoms with van der Waals surface area (Å²) in [6.07, 6.45) is 1.49. The van der Waals surface area contributed by atoms with E-state index >= 15 is 0 Å². The van der Waals surface area contributed by atoms with Gasteiger partial charge in [-0.05, 0) is 34.5 Å². The Bertz CT molecular complexity index is 878. The van der Waals surface area contributed by atoms with E-state index in [1.165, 1.54) is 19.3 Å². The molecule has 1 aliphatic heterocycles. The van der Waals surface area contributed by atoms with E-state index in [9.17, 15) is 18.3 Å². The molecule has 3 heterocycles. The highest BCUT2D eigenvalue weighted by molar-refractivity contribution is 7.89. The zero-order valence-electron chi connectivity index (χ0n) is 11.3. The molecule has 3 rings (SSSR count). The molecule has 0 atom stereocenters. The quantitative estimate of drug-likeness (QED) is 0.736.